The number of nitrogens with zero attached hydrogens (tertiary/aromatic N) is 1. The van der Waals surface area contributed by atoms with Crippen molar-refractivity contribution in [3.63, 3.8) is 0 Å². The van der Waals surface area contributed by atoms with Crippen LogP contribution < -0.4 is 0 Å². The van der Waals surface area contributed by atoms with Crippen LogP contribution >= 0.6 is 23.1 Å². The van der Waals surface area contributed by atoms with Crippen molar-refractivity contribution in [3.05, 3.63) is 57.8 Å². The number of hydrogen-bond acceptors (Lipinski definition) is 3. The highest BCUT2D eigenvalue weighted by molar-refractivity contribution is 7.99. The Labute approximate surface area is 140 Å². The maximum absolute atomic E-state index is 12.9. The molecule has 0 N–H and O–H groups in total. The Morgan fingerprint density at radius 3 is 2.78 bits per heavy atom. The van der Waals surface area contributed by atoms with Crippen molar-refractivity contribution < 1.29 is 18.0 Å². The first-order valence-electron chi connectivity index (χ1n) is 7.06. The molecule has 1 aliphatic heterocycles. The van der Waals surface area contributed by atoms with Gasteiger partial charge in [0.05, 0.1) is 12.0 Å². The Kier molecular flexibility index (Phi) is 4.68. The number of hydrogen-bond donors (Lipinski definition) is 0. The van der Waals surface area contributed by atoms with E-state index >= 15 is 0 Å². The van der Waals surface area contributed by atoms with Crippen LogP contribution in [0.4, 0.5) is 13.2 Å². The molecule has 2 aromatic rings. The standard InChI is InChI=1S/C16H14F3NOS2/c17-16(18,19)12-4-1-3-11(9-12)15-20(6-8-23-15)14(21)10-13-5-2-7-22-13/h1-5,7,9,15H,6,8,10H2. The summed E-state index contributed by atoms with van der Waals surface area (Å²) in [5.74, 6) is 0.691. The predicted octanol–water partition coefficient (Wildman–Crippen LogP) is 4.58. The van der Waals surface area contributed by atoms with Gasteiger partial charge < -0.3 is 4.90 Å². The highest BCUT2D eigenvalue weighted by Crippen LogP contribution is 2.40. The second kappa shape index (κ2) is 6.57. The highest BCUT2D eigenvalue weighted by Gasteiger charge is 2.34. The monoisotopic (exact) mass is 357 g/mol. The summed E-state index contributed by atoms with van der Waals surface area (Å²) >= 11 is 3.01. The molecule has 23 heavy (non-hydrogen) atoms. The number of benzene rings is 1. The lowest BCUT2D eigenvalue weighted by molar-refractivity contribution is -0.137. The Bertz CT molecular complexity index is 685. The van der Waals surface area contributed by atoms with Gasteiger partial charge in [-0.25, -0.2) is 0 Å². The Hall–Kier alpha value is -1.47. The third-order valence-electron chi connectivity index (χ3n) is 3.62. The second-order valence-electron chi connectivity index (χ2n) is 5.19. The van der Waals surface area contributed by atoms with Crippen molar-refractivity contribution in [2.75, 3.05) is 12.3 Å². The van der Waals surface area contributed by atoms with Crippen molar-refractivity contribution in [2.45, 2.75) is 18.0 Å². The molecule has 1 fully saturated rings. The molecule has 1 aromatic carbocycles. The van der Waals surface area contributed by atoms with E-state index in [0.717, 1.165) is 22.8 Å². The molecule has 1 unspecified atom stereocenters. The number of alkyl halides is 3. The molecule has 2 heterocycles. The van der Waals surface area contributed by atoms with Gasteiger partial charge in [-0.2, -0.15) is 13.2 Å². The lowest BCUT2D eigenvalue weighted by Gasteiger charge is -2.24. The molecule has 1 saturated heterocycles. The predicted molar refractivity (Wildman–Crippen MR) is 86.4 cm³/mol. The lowest BCUT2D eigenvalue weighted by Crippen LogP contribution is -2.31. The minimum absolute atomic E-state index is 0.0418. The van der Waals surface area contributed by atoms with Crippen LogP contribution in [-0.2, 0) is 17.4 Å². The summed E-state index contributed by atoms with van der Waals surface area (Å²) in [5, 5.41) is 1.57. The lowest BCUT2D eigenvalue weighted by atomic mass is 10.1. The molecule has 3 rings (SSSR count). The number of halogens is 3. The molecule has 0 aliphatic carbocycles. The number of carbonyl (C=O) groups is 1. The maximum atomic E-state index is 12.9. The Morgan fingerprint density at radius 1 is 1.26 bits per heavy atom. The normalized spacial score (nSPS) is 18.4. The van der Waals surface area contributed by atoms with Gasteiger partial charge >= 0.3 is 6.18 Å². The molecular formula is C16H14F3NOS2. The minimum Gasteiger partial charge on any atom is -0.325 e. The average molecular weight is 357 g/mol. The molecule has 0 saturated carbocycles. The first-order valence-corrected chi connectivity index (χ1v) is 8.98. The second-order valence-corrected chi connectivity index (χ2v) is 7.41. The number of amides is 1. The summed E-state index contributed by atoms with van der Waals surface area (Å²) in [7, 11) is 0. The van der Waals surface area contributed by atoms with Crippen molar-refractivity contribution in [3.8, 4) is 0 Å². The molecule has 7 heteroatoms. The molecule has 0 bridgehead atoms. The largest absolute Gasteiger partial charge is 0.416 e. The number of thioether (sulfide) groups is 1. The third-order valence-corrected chi connectivity index (χ3v) is 5.75. The molecule has 1 atom stereocenters. The van der Waals surface area contributed by atoms with Gasteiger partial charge in [0.1, 0.15) is 5.37 Å². The van der Waals surface area contributed by atoms with Gasteiger partial charge in [-0.3, -0.25) is 4.79 Å². The number of thiophene rings is 1. The first-order chi connectivity index (χ1) is 10.9. The van der Waals surface area contributed by atoms with E-state index in [4.69, 9.17) is 0 Å². The fourth-order valence-electron chi connectivity index (χ4n) is 2.53. The van der Waals surface area contributed by atoms with Crippen LogP contribution in [0.2, 0.25) is 0 Å². The van der Waals surface area contributed by atoms with E-state index in [1.807, 2.05) is 17.5 Å². The summed E-state index contributed by atoms with van der Waals surface area (Å²) < 4.78 is 38.6. The van der Waals surface area contributed by atoms with E-state index in [2.05, 4.69) is 0 Å². The van der Waals surface area contributed by atoms with Gasteiger partial charge in [-0.05, 0) is 29.1 Å². The van der Waals surface area contributed by atoms with E-state index in [0.29, 0.717) is 18.5 Å². The topological polar surface area (TPSA) is 20.3 Å². The number of carbonyl (C=O) groups excluding carboxylic acids is 1. The summed E-state index contributed by atoms with van der Waals surface area (Å²) in [5.41, 5.74) is -0.144. The zero-order valence-corrected chi connectivity index (χ0v) is 13.7. The van der Waals surface area contributed by atoms with Gasteiger partial charge in [0.2, 0.25) is 5.91 Å². The minimum atomic E-state index is -4.37. The van der Waals surface area contributed by atoms with Crippen LogP contribution in [0.25, 0.3) is 0 Å². The van der Waals surface area contributed by atoms with Gasteiger partial charge in [0.15, 0.2) is 0 Å². The highest BCUT2D eigenvalue weighted by atomic mass is 32.2. The van der Waals surface area contributed by atoms with E-state index in [-0.39, 0.29) is 11.3 Å². The SMILES string of the molecule is O=C(Cc1cccs1)N1CCSC1c1cccc(C(F)(F)F)c1. The Balaban J connectivity index is 1.80. The summed E-state index contributed by atoms with van der Waals surface area (Å²) in [6.07, 6.45) is -4.07. The van der Waals surface area contributed by atoms with Crippen LogP contribution in [0.1, 0.15) is 21.4 Å². The summed E-state index contributed by atoms with van der Waals surface area (Å²) in [4.78, 5) is 15.1. The summed E-state index contributed by atoms with van der Waals surface area (Å²) in [6, 6.07) is 9.04. The maximum Gasteiger partial charge on any atom is 0.416 e. The van der Waals surface area contributed by atoms with Crippen LogP contribution in [0.3, 0.4) is 0 Å². The fraction of sp³-hybridized carbons (Fsp3) is 0.312. The van der Waals surface area contributed by atoms with E-state index in [9.17, 15) is 18.0 Å². The van der Waals surface area contributed by atoms with Crippen molar-refractivity contribution in [1.82, 2.24) is 4.90 Å². The smallest absolute Gasteiger partial charge is 0.325 e. The number of rotatable bonds is 3. The van der Waals surface area contributed by atoms with E-state index in [1.165, 1.54) is 29.2 Å². The molecular weight excluding hydrogens is 343 g/mol. The zero-order chi connectivity index (χ0) is 16.4. The summed E-state index contributed by atoms with van der Waals surface area (Å²) in [6.45, 7) is 0.565. The van der Waals surface area contributed by atoms with Crippen LogP contribution in [0.15, 0.2) is 41.8 Å². The van der Waals surface area contributed by atoms with E-state index < -0.39 is 11.7 Å². The van der Waals surface area contributed by atoms with Gasteiger partial charge in [-0.1, -0.05) is 18.2 Å². The zero-order valence-electron chi connectivity index (χ0n) is 12.0. The van der Waals surface area contributed by atoms with Crippen LogP contribution in [0.5, 0.6) is 0 Å². The van der Waals surface area contributed by atoms with Gasteiger partial charge in [0.25, 0.3) is 0 Å². The van der Waals surface area contributed by atoms with Gasteiger partial charge in [-0.15, -0.1) is 23.1 Å². The molecule has 0 radical (unpaired) electrons. The van der Waals surface area contributed by atoms with Gasteiger partial charge in [0, 0.05) is 17.2 Å². The van der Waals surface area contributed by atoms with E-state index in [1.54, 1.807) is 11.0 Å². The van der Waals surface area contributed by atoms with Crippen molar-refractivity contribution in [2.24, 2.45) is 0 Å². The van der Waals surface area contributed by atoms with Crippen LogP contribution in [-0.4, -0.2) is 23.1 Å². The Morgan fingerprint density at radius 2 is 2.09 bits per heavy atom. The van der Waals surface area contributed by atoms with Crippen molar-refractivity contribution >= 4 is 29.0 Å². The fourth-order valence-corrected chi connectivity index (χ4v) is 4.50. The molecule has 2 nitrogen and oxygen atoms in total. The first kappa shape index (κ1) is 16.4. The quantitative estimate of drug-likeness (QED) is 0.801. The third kappa shape index (κ3) is 3.72. The molecule has 1 aliphatic rings. The average Bonchev–Trinajstić information content (AvgIpc) is 3.17. The molecule has 1 amide bonds. The van der Waals surface area contributed by atoms with Crippen molar-refractivity contribution in [1.29, 1.82) is 0 Å². The molecule has 0 spiro atoms. The van der Waals surface area contributed by atoms with Crippen LogP contribution in [0, 0.1) is 0 Å². The molecule has 1 aromatic heterocycles. The molecule has 122 valence electrons.